The van der Waals surface area contributed by atoms with E-state index in [2.05, 4.69) is 18.8 Å². The zero-order chi connectivity index (χ0) is 28.3. The lowest BCUT2D eigenvalue weighted by molar-refractivity contribution is -0.138. The summed E-state index contributed by atoms with van der Waals surface area (Å²) in [5, 5.41) is 13.5. The number of carbonyl (C=O) groups excluding carboxylic acids is 1. The zero-order valence-electron chi connectivity index (χ0n) is 23.2. The third-order valence-electron chi connectivity index (χ3n) is 8.50. The number of para-hydroxylation sites is 1. The van der Waals surface area contributed by atoms with Crippen molar-refractivity contribution in [3.8, 4) is 11.1 Å². The highest BCUT2D eigenvalue weighted by Crippen LogP contribution is 2.44. The second kappa shape index (κ2) is 11.9. The molecular formula is C34H39FN3O2. The number of rotatable bonds is 9. The molecule has 2 heterocycles. The number of amides is 1. The summed E-state index contributed by atoms with van der Waals surface area (Å²) in [7, 11) is 0. The number of nitrogens with one attached hydrogen (secondary N) is 1. The Bertz CT molecular complexity index is 1480. The Balaban J connectivity index is 1.42. The van der Waals surface area contributed by atoms with E-state index in [1.807, 2.05) is 60.8 Å². The molecule has 1 fully saturated rings. The maximum atomic E-state index is 15.5. The molecule has 4 aromatic rings. The van der Waals surface area contributed by atoms with Gasteiger partial charge >= 0.3 is 0 Å². The third kappa shape index (κ3) is 5.43. The lowest BCUT2D eigenvalue weighted by atomic mass is 9.72. The van der Waals surface area contributed by atoms with Gasteiger partial charge in [0, 0.05) is 41.7 Å². The number of likely N-dealkylation sites (tertiary alicyclic amines) is 1. The fourth-order valence-electron chi connectivity index (χ4n) is 6.38. The normalized spacial score (nSPS) is 18.0. The molecule has 0 saturated carbocycles. The number of carbonyl (C=O) groups is 1. The highest BCUT2D eigenvalue weighted by atomic mass is 19.1. The molecule has 0 aliphatic carbocycles. The number of nitrogens with two attached hydrogens (primary N) is 1. The summed E-state index contributed by atoms with van der Waals surface area (Å²) < 4.78 is 15.5. The molecule has 209 valence electrons. The Morgan fingerprint density at radius 1 is 1.20 bits per heavy atom. The summed E-state index contributed by atoms with van der Waals surface area (Å²) in [5.74, 6) is -0.762. The molecule has 6 heteroatoms. The number of nitrogens with zero attached hydrogens (tertiary/aromatic N) is 1. The number of piperidine rings is 1. The third-order valence-corrected chi connectivity index (χ3v) is 8.50. The molecule has 1 aliphatic rings. The second-order valence-corrected chi connectivity index (χ2v) is 11.0. The van der Waals surface area contributed by atoms with Gasteiger partial charge in [-0.05, 0) is 66.5 Å². The lowest BCUT2D eigenvalue weighted by Crippen LogP contribution is -2.52. The molecule has 4 N–H and O–H groups in total. The van der Waals surface area contributed by atoms with Crippen LogP contribution in [0.2, 0.25) is 0 Å². The number of hydrogen-bond donors (Lipinski definition) is 3. The summed E-state index contributed by atoms with van der Waals surface area (Å²) in [5.41, 5.74) is 10.00. The summed E-state index contributed by atoms with van der Waals surface area (Å²) in [4.78, 5) is 18.6. The van der Waals surface area contributed by atoms with Gasteiger partial charge in [-0.1, -0.05) is 74.9 Å². The monoisotopic (exact) mass is 540 g/mol. The number of aromatic nitrogens is 1. The first-order valence-corrected chi connectivity index (χ1v) is 14.3. The first-order valence-electron chi connectivity index (χ1n) is 14.3. The molecule has 1 aliphatic heterocycles. The SMILES string of the molecule is [CH2]CCC(O)(c1cccc(F)c1-c1cccc(CC)c1)C1CCCN(C(=O)[C@H](N)Cc2c[nH]c3ccccc23)C1. The van der Waals surface area contributed by atoms with Crippen LogP contribution in [0.4, 0.5) is 4.39 Å². The van der Waals surface area contributed by atoms with Crippen molar-refractivity contribution in [2.24, 2.45) is 11.7 Å². The van der Waals surface area contributed by atoms with Crippen molar-refractivity contribution in [3.05, 3.63) is 102 Å². The van der Waals surface area contributed by atoms with Crippen LogP contribution in [0.25, 0.3) is 22.0 Å². The maximum absolute atomic E-state index is 15.5. The van der Waals surface area contributed by atoms with Gasteiger partial charge in [0.2, 0.25) is 5.91 Å². The van der Waals surface area contributed by atoms with Crippen LogP contribution < -0.4 is 5.73 Å². The minimum atomic E-state index is -1.35. The zero-order valence-corrected chi connectivity index (χ0v) is 23.2. The molecule has 2 unspecified atom stereocenters. The van der Waals surface area contributed by atoms with Gasteiger partial charge in [0.25, 0.3) is 0 Å². The van der Waals surface area contributed by atoms with Crippen LogP contribution in [0.15, 0.2) is 72.9 Å². The van der Waals surface area contributed by atoms with E-state index >= 15 is 4.39 Å². The first-order chi connectivity index (χ1) is 19.4. The largest absolute Gasteiger partial charge is 0.385 e. The van der Waals surface area contributed by atoms with Crippen LogP contribution >= 0.6 is 0 Å². The van der Waals surface area contributed by atoms with Crippen LogP contribution in [-0.2, 0) is 23.2 Å². The Labute approximate surface area is 236 Å². The minimum absolute atomic E-state index is 0.123. The van der Waals surface area contributed by atoms with Gasteiger partial charge in [-0.2, -0.15) is 0 Å². The molecule has 1 amide bonds. The summed E-state index contributed by atoms with van der Waals surface area (Å²) in [6, 6.07) is 20.1. The van der Waals surface area contributed by atoms with Crippen LogP contribution in [0.1, 0.15) is 49.3 Å². The van der Waals surface area contributed by atoms with E-state index in [0.29, 0.717) is 43.5 Å². The highest BCUT2D eigenvalue weighted by molar-refractivity contribution is 5.86. The Hall–Kier alpha value is -3.48. The molecule has 5 rings (SSSR count). The van der Waals surface area contributed by atoms with Crippen molar-refractivity contribution in [1.29, 1.82) is 0 Å². The quantitative estimate of drug-likeness (QED) is 0.238. The number of benzene rings is 3. The highest BCUT2D eigenvalue weighted by Gasteiger charge is 2.43. The van der Waals surface area contributed by atoms with Crippen molar-refractivity contribution in [3.63, 3.8) is 0 Å². The van der Waals surface area contributed by atoms with Crippen molar-refractivity contribution < 1.29 is 14.3 Å². The Kier molecular flexibility index (Phi) is 8.38. The minimum Gasteiger partial charge on any atom is -0.385 e. The van der Waals surface area contributed by atoms with Crippen molar-refractivity contribution >= 4 is 16.8 Å². The number of hydrogen-bond acceptors (Lipinski definition) is 3. The molecule has 40 heavy (non-hydrogen) atoms. The second-order valence-electron chi connectivity index (χ2n) is 11.0. The van der Waals surface area contributed by atoms with Gasteiger partial charge in [-0.3, -0.25) is 4.79 Å². The van der Waals surface area contributed by atoms with Gasteiger partial charge in [-0.15, -0.1) is 0 Å². The Morgan fingerprint density at radius 3 is 2.80 bits per heavy atom. The van der Waals surface area contributed by atoms with E-state index in [1.54, 1.807) is 11.0 Å². The average molecular weight is 541 g/mol. The number of aryl methyl sites for hydroxylation is 1. The molecule has 5 nitrogen and oxygen atoms in total. The molecule has 1 aromatic heterocycles. The fraction of sp³-hybridized carbons (Fsp3) is 0.353. The van der Waals surface area contributed by atoms with Crippen LogP contribution in [0.3, 0.4) is 0 Å². The van der Waals surface area contributed by atoms with Crippen LogP contribution in [0, 0.1) is 18.7 Å². The van der Waals surface area contributed by atoms with E-state index in [9.17, 15) is 9.90 Å². The van der Waals surface area contributed by atoms with E-state index < -0.39 is 11.6 Å². The number of halogens is 1. The number of fused-ring (bicyclic) bond motifs is 1. The predicted molar refractivity (Wildman–Crippen MR) is 159 cm³/mol. The van der Waals surface area contributed by atoms with Gasteiger partial charge in [-0.25, -0.2) is 4.39 Å². The standard InChI is InChI=1S/C34H39FN3O2/c1-3-17-34(40,28-14-8-15-29(35)32(28)24-11-7-10-23(4-2)19-24)26-12-9-18-38(22-26)33(39)30(36)20-25-21-37-31-16-6-5-13-27(25)31/h5-8,10-11,13-16,19,21,26,30,37,40H,1,3-4,9,12,17-18,20,22,36H2,2H3/t26?,30-,34?/m1/s1. The average Bonchev–Trinajstić information content (AvgIpc) is 3.39. The molecule has 1 saturated heterocycles. The molecule has 0 bridgehead atoms. The van der Waals surface area contributed by atoms with Gasteiger partial charge in [0.05, 0.1) is 11.6 Å². The van der Waals surface area contributed by atoms with E-state index in [0.717, 1.165) is 46.9 Å². The number of aromatic amines is 1. The van der Waals surface area contributed by atoms with Crippen LogP contribution in [0.5, 0.6) is 0 Å². The van der Waals surface area contributed by atoms with Crippen molar-refractivity contribution in [1.82, 2.24) is 9.88 Å². The lowest BCUT2D eigenvalue weighted by Gasteiger charge is -2.44. The summed E-state index contributed by atoms with van der Waals surface area (Å²) in [6.45, 7) is 7.05. The van der Waals surface area contributed by atoms with E-state index in [4.69, 9.17) is 5.73 Å². The maximum Gasteiger partial charge on any atom is 0.239 e. The molecule has 0 spiro atoms. The van der Waals surface area contributed by atoms with Gasteiger partial charge < -0.3 is 20.7 Å². The number of H-pyrrole nitrogens is 1. The van der Waals surface area contributed by atoms with Crippen molar-refractivity contribution in [2.45, 2.75) is 57.1 Å². The number of aliphatic hydroxyl groups is 1. The smallest absolute Gasteiger partial charge is 0.239 e. The molecule has 3 aromatic carbocycles. The van der Waals surface area contributed by atoms with Gasteiger partial charge in [0.1, 0.15) is 5.82 Å². The van der Waals surface area contributed by atoms with E-state index in [1.165, 1.54) is 6.07 Å². The molecule has 3 atom stereocenters. The fourth-order valence-corrected chi connectivity index (χ4v) is 6.38. The first kappa shape index (κ1) is 28.1. The molecule has 1 radical (unpaired) electrons. The Morgan fingerprint density at radius 2 is 2.00 bits per heavy atom. The topological polar surface area (TPSA) is 82.3 Å². The predicted octanol–water partition coefficient (Wildman–Crippen LogP) is 6.15. The summed E-state index contributed by atoms with van der Waals surface area (Å²) >= 11 is 0. The van der Waals surface area contributed by atoms with E-state index in [-0.39, 0.29) is 17.6 Å². The summed E-state index contributed by atoms with van der Waals surface area (Å²) in [6.07, 6.45) is 5.49. The van der Waals surface area contributed by atoms with Gasteiger partial charge in [0.15, 0.2) is 0 Å². The van der Waals surface area contributed by atoms with Crippen molar-refractivity contribution in [2.75, 3.05) is 13.1 Å². The molecular weight excluding hydrogens is 501 g/mol. The van der Waals surface area contributed by atoms with Crippen LogP contribution in [-0.4, -0.2) is 40.0 Å².